The van der Waals surface area contributed by atoms with Crippen molar-refractivity contribution < 1.29 is 9.59 Å². The molecule has 0 amide bonds. The lowest BCUT2D eigenvalue weighted by Crippen LogP contribution is -2.57. The van der Waals surface area contributed by atoms with Crippen molar-refractivity contribution in [3.05, 3.63) is 24.6 Å². The summed E-state index contributed by atoms with van der Waals surface area (Å²) < 4.78 is 0.661. The van der Waals surface area contributed by atoms with Crippen molar-refractivity contribution in [3.63, 3.8) is 0 Å². The summed E-state index contributed by atoms with van der Waals surface area (Å²) in [5, 5.41) is 13.6. The molecule has 2 N–H and O–H groups in total. The van der Waals surface area contributed by atoms with Gasteiger partial charge in [-0.1, -0.05) is 76.9 Å². The Morgan fingerprint density at radius 3 is 1.93 bits per heavy atom. The third-order valence-corrected chi connectivity index (χ3v) is 6.45. The summed E-state index contributed by atoms with van der Waals surface area (Å²) in [6.45, 7) is 7.29. The maximum absolute atomic E-state index is 10.2. The molecule has 0 aromatic rings. The Hall–Kier alpha value is -0.800. The lowest BCUT2D eigenvalue weighted by atomic mass is 10.1. The molecule has 3 unspecified atom stereocenters. The van der Waals surface area contributed by atoms with Crippen LogP contribution in [0.2, 0.25) is 0 Å². The molecule has 0 radical (unpaired) electrons. The lowest BCUT2D eigenvalue weighted by Gasteiger charge is -2.39. The predicted octanol–water partition coefficient (Wildman–Crippen LogP) is 6.99. The van der Waals surface area contributed by atoms with Crippen LogP contribution in [0.15, 0.2) is 24.6 Å². The second kappa shape index (κ2) is 16.0. The minimum atomic E-state index is -0.345. The first-order valence-corrected chi connectivity index (χ1v) is 12.3. The molecule has 28 heavy (non-hydrogen) atoms. The van der Waals surface area contributed by atoms with Crippen LogP contribution < -0.4 is 5.32 Å². The van der Waals surface area contributed by atoms with E-state index in [0.29, 0.717) is 10.6 Å². The Morgan fingerprint density at radius 1 is 0.857 bits per heavy atom. The van der Waals surface area contributed by atoms with Gasteiger partial charge in [0.1, 0.15) is 6.20 Å². The van der Waals surface area contributed by atoms with Gasteiger partial charge in [-0.15, -0.1) is 0 Å². The molecule has 0 aromatic heterocycles. The van der Waals surface area contributed by atoms with E-state index in [0.717, 1.165) is 13.0 Å². The number of hydrogen-bond donors (Lipinski definition) is 2. The molecule has 0 aromatic carbocycles. The zero-order valence-corrected chi connectivity index (χ0v) is 19.2. The zero-order valence-electron chi connectivity index (χ0n) is 19.2. The van der Waals surface area contributed by atoms with Crippen LogP contribution in [0.1, 0.15) is 117 Å². The van der Waals surface area contributed by atoms with E-state index in [1.165, 1.54) is 89.9 Å². The summed E-state index contributed by atoms with van der Waals surface area (Å²) in [6, 6.07) is 0. The Balaban J connectivity index is 1.92. The standard InChI is InChI=1S/C25H49N2O/c1-4-6-7-8-9-10-11-12-13-14-15-16-17-18-19-20-21-25-26-22-23-27(25,5-2)24(3)28/h16-17,22-26,28H,4-15,18-21H2,1-3H3/q+1/b17-16+. The van der Waals surface area contributed by atoms with E-state index < -0.39 is 0 Å². The highest BCUT2D eigenvalue weighted by molar-refractivity contribution is 4.85. The van der Waals surface area contributed by atoms with E-state index in [4.69, 9.17) is 0 Å². The van der Waals surface area contributed by atoms with Crippen molar-refractivity contribution in [2.75, 3.05) is 6.54 Å². The molecule has 0 fully saturated rings. The van der Waals surface area contributed by atoms with Crippen LogP contribution in [0.5, 0.6) is 0 Å². The highest BCUT2D eigenvalue weighted by atomic mass is 16.3. The van der Waals surface area contributed by atoms with Crippen LogP contribution in [0, 0.1) is 0 Å². The van der Waals surface area contributed by atoms with Gasteiger partial charge in [0, 0.05) is 13.3 Å². The van der Waals surface area contributed by atoms with Gasteiger partial charge in [0.15, 0.2) is 12.4 Å². The van der Waals surface area contributed by atoms with E-state index in [9.17, 15) is 5.11 Å². The van der Waals surface area contributed by atoms with Crippen LogP contribution in [-0.2, 0) is 0 Å². The Kier molecular flexibility index (Phi) is 14.5. The molecular weight excluding hydrogens is 344 g/mol. The first-order chi connectivity index (χ1) is 13.7. The van der Waals surface area contributed by atoms with E-state index >= 15 is 0 Å². The van der Waals surface area contributed by atoms with Crippen LogP contribution in [0.4, 0.5) is 0 Å². The van der Waals surface area contributed by atoms with Crippen molar-refractivity contribution in [3.8, 4) is 0 Å². The number of allylic oxidation sites excluding steroid dienone is 2. The van der Waals surface area contributed by atoms with Gasteiger partial charge in [0.25, 0.3) is 0 Å². The molecule has 0 saturated heterocycles. The number of nitrogens with zero attached hydrogens (tertiary/aromatic N) is 1. The quantitative estimate of drug-likeness (QED) is 0.149. The van der Waals surface area contributed by atoms with Crippen LogP contribution in [-0.4, -0.2) is 28.5 Å². The van der Waals surface area contributed by atoms with Crippen LogP contribution in [0.25, 0.3) is 0 Å². The number of unbranched alkanes of at least 4 members (excludes halogenated alkanes) is 12. The first kappa shape index (κ1) is 25.2. The van der Waals surface area contributed by atoms with Crippen LogP contribution in [0.3, 0.4) is 0 Å². The van der Waals surface area contributed by atoms with Crippen molar-refractivity contribution >= 4 is 0 Å². The molecule has 0 spiro atoms. The van der Waals surface area contributed by atoms with E-state index in [-0.39, 0.29) is 6.23 Å². The summed E-state index contributed by atoms with van der Waals surface area (Å²) >= 11 is 0. The monoisotopic (exact) mass is 393 g/mol. The van der Waals surface area contributed by atoms with Gasteiger partial charge < -0.3 is 10.4 Å². The maximum atomic E-state index is 10.2. The molecule has 3 atom stereocenters. The third kappa shape index (κ3) is 9.60. The van der Waals surface area contributed by atoms with Gasteiger partial charge in [0.05, 0.1) is 12.7 Å². The lowest BCUT2D eigenvalue weighted by molar-refractivity contribution is -0.942. The summed E-state index contributed by atoms with van der Waals surface area (Å²) in [7, 11) is 0. The van der Waals surface area contributed by atoms with Gasteiger partial charge in [-0.2, -0.15) is 0 Å². The highest BCUT2D eigenvalue weighted by Crippen LogP contribution is 2.25. The minimum Gasteiger partial charge on any atom is -0.345 e. The average Bonchev–Trinajstić information content (AvgIpc) is 3.12. The van der Waals surface area contributed by atoms with Crippen molar-refractivity contribution in [1.82, 2.24) is 5.32 Å². The maximum Gasteiger partial charge on any atom is 0.193 e. The molecule has 1 aliphatic rings. The fourth-order valence-electron chi connectivity index (χ4n) is 4.42. The summed E-state index contributed by atoms with van der Waals surface area (Å²) in [4.78, 5) is 0. The third-order valence-electron chi connectivity index (χ3n) is 6.45. The summed E-state index contributed by atoms with van der Waals surface area (Å²) in [6.07, 6.45) is 29.1. The number of quaternary nitrogens is 1. The SMILES string of the molecule is CCCCCCCCCCCC/C=C/CCCCC1NC=C[N+]1(CC)C(C)O. The number of aliphatic hydroxyl groups is 1. The molecular formula is C25H49N2O+. The van der Waals surface area contributed by atoms with Gasteiger partial charge in [-0.25, -0.2) is 0 Å². The Morgan fingerprint density at radius 2 is 1.39 bits per heavy atom. The van der Waals surface area contributed by atoms with Gasteiger partial charge in [-0.3, -0.25) is 4.48 Å². The molecule has 1 rings (SSSR count). The molecule has 3 heteroatoms. The van der Waals surface area contributed by atoms with Gasteiger partial charge >= 0.3 is 0 Å². The largest absolute Gasteiger partial charge is 0.345 e. The topological polar surface area (TPSA) is 32.3 Å². The average molecular weight is 394 g/mol. The van der Waals surface area contributed by atoms with Gasteiger partial charge in [-0.05, 0) is 39.0 Å². The fourth-order valence-corrected chi connectivity index (χ4v) is 4.42. The predicted molar refractivity (Wildman–Crippen MR) is 123 cm³/mol. The first-order valence-electron chi connectivity index (χ1n) is 12.3. The zero-order chi connectivity index (χ0) is 20.5. The molecule has 1 aliphatic heterocycles. The molecule has 0 bridgehead atoms. The molecule has 0 saturated carbocycles. The second-order valence-electron chi connectivity index (χ2n) is 8.67. The molecule has 0 aliphatic carbocycles. The van der Waals surface area contributed by atoms with E-state index in [1.54, 1.807) is 0 Å². The smallest absolute Gasteiger partial charge is 0.193 e. The molecule has 3 nitrogen and oxygen atoms in total. The minimum absolute atomic E-state index is 0.334. The Bertz CT molecular complexity index is 419. The Labute approximate surface area is 175 Å². The normalized spacial score (nSPS) is 22.8. The number of rotatable bonds is 18. The number of nitrogens with one attached hydrogen (secondary N) is 1. The van der Waals surface area contributed by atoms with Crippen LogP contribution >= 0.6 is 0 Å². The summed E-state index contributed by atoms with van der Waals surface area (Å²) in [5.41, 5.74) is 0. The second-order valence-corrected chi connectivity index (χ2v) is 8.67. The highest BCUT2D eigenvalue weighted by Gasteiger charge is 2.40. The molecule has 1 heterocycles. The number of aliphatic hydroxyl groups excluding tert-OH is 1. The van der Waals surface area contributed by atoms with E-state index in [1.807, 2.05) is 13.1 Å². The van der Waals surface area contributed by atoms with Crippen molar-refractivity contribution in [2.45, 2.75) is 129 Å². The van der Waals surface area contributed by atoms with Crippen molar-refractivity contribution in [1.29, 1.82) is 0 Å². The van der Waals surface area contributed by atoms with Crippen molar-refractivity contribution in [2.24, 2.45) is 0 Å². The number of hydrogen-bond acceptors (Lipinski definition) is 2. The molecule has 164 valence electrons. The van der Waals surface area contributed by atoms with E-state index in [2.05, 4.69) is 37.5 Å². The summed E-state index contributed by atoms with van der Waals surface area (Å²) in [5.74, 6) is 0. The van der Waals surface area contributed by atoms with Gasteiger partial charge in [0.2, 0.25) is 0 Å². The fraction of sp³-hybridized carbons (Fsp3) is 0.840.